The highest BCUT2D eigenvalue weighted by atomic mass is 79.9. The lowest BCUT2D eigenvalue weighted by molar-refractivity contribution is 0.0588. The molecule has 0 aliphatic heterocycles. The van der Waals surface area contributed by atoms with E-state index in [1.54, 1.807) is 11.6 Å². The van der Waals surface area contributed by atoms with E-state index in [0.717, 1.165) is 15.4 Å². The van der Waals surface area contributed by atoms with E-state index in [4.69, 9.17) is 0 Å². The first kappa shape index (κ1) is 11.9. The van der Waals surface area contributed by atoms with Crippen molar-refractivity contribution in [2.75, 3.05) is 7.11 Å². The van der Waals surface area contributed by atoms with Crippen molar-refractivity contribution in [3.05, 3.63) is 33.9 Å². The number of aryl methyl sites for hydroxylation is 1. The fourth-order valence-electron chi connectivity index (χ4n) is 1.91. The van der Waals surface area contributed by atoms with Crippen LogP contribution in [0, 0.1) is 0 Å². The number of aldehydes is 1. The summed E-state index contributed by atoms with van der Waals surface area (Å²) in [6, 6.07) is 5.52. The van der Waals surface area contributed by atoms with Crippen LogP contribution in [-0.2, 0) is 11.8 Å². The number of aromatic nitrogens is 1. The Kier molecular flexibility index (Phi) is 3.02. The number of hydrogen-bond acceptors (Lipinski definition) is 3. The lowest BCUT2D eigenvalue weighted by Crippen LogP contribution is -2.09. The predicted octanol–water partition coefficient (Wildman–Crippen LogP) is 2.54. The molecule has 0 aliphatic carbocycles. The number of rotatable bonds is 2. The van der Waals surface area contributed by atoms with E-state index in [1.807, 2.05) is 18.2 Å². The number of halogens is 1. The molecule has 0 saturated heterocycles. The van der Waals surface area contributed by atoms with Crippen molar-refractivity contribution in [3.63, 3.8) is 0 Å². The van der Waals surface area contributed by atoms with Crippen molar-refractivity contribution in [1.82, 2.24) is 4.57 Å². The zero-order chi connectivity index (χ0) is 12.6. The molecule has 0 bridgehead atoms. The van der Waals surface area contributed by atoms with Gasteiger partial charge in [0.15, 0.2) is 6.29 Å². The third-order valence-electron chi connectivity index (χ3n) is 2.70. The predicted molar refractivity (Wildman–Crippen MR) is 67.3 cm³/mol. The summed E-state index contributed by atoms with van der Waals surface area (Å²) in [7, 11) is 3.03. The molecule has 0 spiro atoms. The van der Waals surface area contributed by atoms with Crippen molar-refractivity contribution < 1.29 is 14.3 Å². The van der Waals surface area contributed by atoms with E-state index < -0.39 is 5.97 Å². The molecule has 0 atom stereocenters. The van der Waals surface area contributed by atoms with E-state index in [2.05, 4.69) is 20.7 Å². The molecule has 0 unspecified atom stereocenters. The number of ether oxygens (including phenoxy) is 1. The standard InChI is InChI=1S/C12H10BrNO3/c1-14-10-4-3-7(13)5-8(10)9(6-15)11(14)12(16)17-2/h3-6H,1-2H3. The van der Waals surface area contributed by atoms with Crippen LogP contribution in [0.15, 0.2) is 22.7 Å². The van der Waals surface area contributed by atoms with Crippen LogP contribution in [0.4, 0.5) is 0 Å². The maximum Gasteiger partial charge on any atom is 0.355 e. The SMILES string of the molecule is COC(=O)c1c(C=O)c2cc(Br)ccc2n1C. The first-order valence-electron chi connectivity index (χ1n) is 4.91. The molecule has 88 valence electrons. The number of hydrogen-bond donors (Lipinski definition) is 0. The largest absolute Gasteiger partial charge is 0.464 e. The molecule has 5 heteroatoms. The monoisotopic (exact) mass is 295 g/mol. The third-order valence-corrected chi connectivity index (χ3v) is 3.19. The highest BCUT2D eigenvalue weighted by Gasteiger charge is 2.21. The molecular weight excluding hydrogens is 286 g/mol. The summed E-state index contributed by atoms with van der Waals surface area (Å²) in [5.74, 6) is -0.512. The van der Waals surface area contributed by atoms with Crippen molar-refractivity contribution in [2.45, 2.75) is 0 Å². The fraction of sp³-hybridized carbons (Fsp3) is 0.167. The number of carbonyl (C=O) groups is 2. The summed E-state index contributed by atoms with van der Waals surface area (Å²) in [6.45, 7) is 0. The molecule has 0 saturated carbocycles. The molecular formula is C12H10BrNO3. The molecule has 4 nitrogen and oxygen atoms in total. The lowest BCUT2D eigenvalue weighted by Gasteiger charge is -2.02. The molecule has 0 amide bonds. The van der Waals surface area contributed by atoms with Crippen LogP contribution in [0.1, 0.15) is 20.8 Å². The van der Waals surface area contributed by atoms with Crippen LogP contribution in [0.5, 0.6) is 0 Å². The molecule has 1 heterocycles. The van der Waals surface area contributed by atoms with Gasteiger partial charge < -0.3 is 9.30 Å². The number of methoxy groups -OCH3 is 1. The van der Waals surface area contributed by atoms with Gasteiger partial charge in [-0.3, -0.25) is 4.79 Å². The molecule has 0 N–H and O–H groups in total. The van der Waals surface area contributed by atoms with E-state index in [0.29, 0.717) is 11.8 Å². The average Bonchev–Trinajstić information content (AvgIpc) is 2.60. The molecule has 2 rings (SSSR count). The van der Waals surface area contributed by atoms with E-state index in [1.165, 1.54) is 7.11 Å². The van der Waals surface area contributed by atoms with Gasteiger partial charge in [0.1, 0.15) is 5.69 Å². The van der Waals surface area contributed by atoms with Gasteiger partial charge in [-0.05, 0) is 18.2 Å². The van der Waals surface area contributed by atoms with Crippen molar-refractivity contribution in [3.8, 4) is 0 Å². The molecule has 17 heavy (non-hydrogen) atoms. The van der Waals surface area contributed by atoms with Crippen molar-refractivity contribution in [1.29, 1.82) is 0 Å². The Morgan fingerprint density at radius 3 is 2.76 bits per heavy atom. The first-order chi connectivity index (χ1) is 8.10. The van der Waals surface area contributed by atoms with Gasteiger partial charge in [-0.2, -0.15) is 0 Å². The van der Waals surface area contributed by atoms with Crippen LogP contribution in [-0.4, -0.2) is 23.9 Å². The van der Waals surface area contributed by atoms with Gasteiger partial charge in [-0.1, -0.05) is 15.9 Å². The molecule has 0 aliphatic rings. The van der Waals surface area contributed by atoms with Crippen LogP contribution in [0.2, 0.25) is 0 Å². The van der Waals surface area contributed by atoms with Gasteiger partial charge in [0, 0.05) is 22.4 Å². The van der Waals surface area contributed by atoms with Gasteiger partial charge in [0.25, 0.3) is 0 Å². The number of nitrogens with zero attached hydrogens (tertiary/aromatic N) is 1. The normalized spacial score (nSPS) is 10.5. The van der Waals surface area contributed by atoms with Crippen LogP contribution in [0.3, 0.4) is 0 Å². The summed E-state index contributed by atoms with van der Waals surface area (Å²) < 4.78 is 7.21. The summed E-state index contributed by atoms with van der Waals surface area (Å²) in [4.78, 5) is 22.8. The van der Waals surface area contributed by atoms with Gasteiger partial charge in [-0.15, -0.1) is 0 Å². The Bertz CT molecular complexity index is 616. The maximum atomic E-state index is 11.7. The average molecular weight is 296 g/mol. The Balaban J connectivity index is 2.88. The summed E-state index contributed by atoms with van der Waals surface area (Å²) >= 11 is 3.34. The van der Waals surface area contributed by atoms with Gasteiger partial charge in [0.2, 0.25) is 0 Å². The number of fused-ring (bicyclic) bond motifs is 1. The van der Waals surface area contributed by atoms with Gasteiger partial charge in [0.05, 0.1) is 12.7 Å². The topological polar surface area (TPSA) is 48.3 Å². The second kappa shape index (κ2) is 4.33. The molecule has 1 aromatic heterocycles. The second-order valence-corrected chi connectivity index (χ2v) is 4.51. The molecule has 0 fully saturated rings. The van der Waals surface area contributed by atoms with Crippen LogP contribution in [0.25, 0.3) is 10.9 Å². The minimum absolute atomic E-state index is 0.274. The Morgan fingerprint density at radius 1 is 1.47 bits per heavy atom. The van der Waals surface area contributed by atoms with Crippen molar-refractivity contribution in [2.24, 2.45) is 7.05 Å². The smallest absolute Gasteiger partial charge is 0.355 e. The molecule has 2 aromatic rings. The maximum absolute atomic E-state index is 11.7. The zero-order valence-corrected chi connectivity index (χ0v) is 10.9. The summed E-state index contributed by atoms with van der Waals surface area (Å²) in [6.07, 6.45) is 0.682. The van der Waals surface area contributed by atoms with Crippen molar-refractivity contribution >= 4 is 39.1 Å². The van der Waals surface area contributed by atoms with E-state index in [-0.39, 0.29) is 5.69 Å². The minimum atomic E-state index is -0.512. The summed E-state index contributed by atoms with van der Waals surface area (Å²) in [5, 5.41) is 0.734. The van der Waals surface area contributed by atoms with Gasteiger partial charge in [-0.25, -0.2) is 4.79 Å². The quantitative estimate of drug-likeness (QED) is 0.632. The van der Waals surface area contributed by atoms with E-state index >= 15 is 0 Å². The Labute approximate surface area is 106 Å². The number of esters is 1. The van der Waals surface area contributed by atoms with E-state index in [9.17, 15) is 9.59 Å². The van der Waals surface area contributed by atoms with Gasteiger partial charge >= 0.3 is 5.97 Å². The minimum Gasteiger partial charge on any atom is -0.464 e. The number of carbonyl (C=O) groups excluding carboxylic acids is 2. The van der Waals surface area contributed by atoms with Crippen LogP contribution < -0.4 is 0 Å². The summed E-state index contributed by atoms with van der Waals surface area (Å²) in [5.41, 5.74) is 1.45. The third kappa shape index (κ3) is 1.76. The van der Waals surface area contributed by atoms with Crippen LogP contribution >= 0.6 is 15.9 Å². The lowest BCUT2D eigenvalue weighted by atomic mass is 10.1. The fourth-order valence-corrected chi connectivity index (χ4v) is 2.27. The molecule has 0 radical (unpaired) electrons. The Morgan fingerprint density at radius 2 is 2.18 bits per heavy atom. The second-order valence-electron chi connectivity index (χ2n) is 3.59. The highest BCUT2D eigenvalue weighted by molar-refractivity contribution is 9.10. The molecule has 1 aromatic carbocycles. The highest BCUT2D eigenvalue weighted by Crippen LogP contribution is 2.27. The first-order valence-corrected chi connectivity index (χ1v) is 5.71. The number of benzene rings is 1. The zero-order valence-electron chi connectivity index (χ0n) is 9.36. The Hall–Kier alpha value is -1.62.